The van der Waals surface area contributed by atoms with Crippen molar-refractivity contribution in [2.45, 2.75) is 19.4 Å². The smallest absolute Gasteiger partial charge is 0.259 e. The summed E-state index contributed by atoms with van der Waals surface area (Å²) < 4.78 is 0. The second kappa shape index (κ2) is 5.75. The minimum absolute atomic E-state index is 0.460. The molecule has 1 amide bonds. The van der Waals surface area contributed by atoms with Gasteiger partial charge in [-0.05, 0) is 12.0 Å². The van der Waals surface area contributed by atoms with Crippen molar-refractivity contribution in [3.05, 3.63) is 47.0 Å². The monoisotopic (exact) mass is 262 g/mol. The Bertz CT molecular complexity index is 525. The highest BCUT2D eigenvalue weighted by Crippen LogP contribution is 2.19. The van der Waals surface area contributed by atoms with Gasteiger partial charge in [0.15, 0.2) is 11.2 Å². The fraction of sp³-hybridized carbons (Fsp3) is 0.231. The van der Waals surface area contributed by atoms with E-state index in [9.17, 15) is 9.90 Å². The number of aliphatic hydroxyl groups excluding tert-OH is 1. The van der Waals surface area contributed by atoms with Gasteiger partial charge >= 0.3 is 0 Å². The average molecular weight is 262 g/mol. The summed E-state index contributed by atoms with van der Waals surface area (Å²) in [4.78, 5) is 16.0. The SMILES string of the molecule is CCc1csc(NC(=O)C(O)c2ccccc2)n1. The van der Waals surface area contributed by atoms with E-state index < -0.39 is 12.0 Å². The molecule has 18 heavy (non-hydrogen) atoms. The van der Waals surface area contributed by atoms with Gasteiger partial charge in [0.1, 0.15) is 0 Å². The first-order chi connectivity index (χ1) is 8.70. The fourth-order valence-corrected chi connectivity index (χ4v) is 2.28. The van der Waals surface area contributed by atoms with Gasteiger partial charge in [0, 0.05) is 5.38 Å². The summed E-state index contributed by atoms with van der Waals surface area (Å²) in [6.07, 6.45) is -0.340. The molecule has 1 aromatic carbocycles. The predicted molar refractivity (Wildman–Crippen MR) is 71.5 cm³/mol. The Morgan fingerprint density at radius 2 is 2.17 bits per heavy atom. The lowest BCUT2D eigenvalue weighted by Gasteiger charge is -2.09. The number of aryl methyl sites for hydroxylation is 1. The number of nitrogens with one attached hydrogen (secondary N) is 1. The third kappa shape index (κ3) is 2.94. The van der Waals surface area contributed by atoms with Crippen molar-refractivity contribution >= 4 is 22.4 Å². The van der Waals surface area contributed by atoms with Gasteiger partial charge in [0.25, 0.3) is 5.91 Å². The second-order valence-electron chi connectivity index (χ2n) is 3.80. The van der Waals surface area contributed by atoms with Crippen molar-refractivity contribution < 1.29 is 9.90 Å². The molecule has 1 heterocycles. The number of amides is 1. The van der Waals surface area contributed by atoms with Crippen LogP contribution in [0.5, 0.6) is 0 Å². The molecule has 4 nitrogen and oxygen atoms in total. The highest BCUT2D eigenvalue weighted by Gasteiger charge is 2.18. The Hall–Kier alpha value is -1.72. The molecule has 1 atom stereocenters. The van der Waals surface area contributed by atoms with E-state index in [0.717, 1.165) is 12.1 Å². The van der Waals surface area contributed by atoms with E-state index >= 15 is 0 Å². The molecule has 5 heteroatoms. The van der Waals surface area contributed by atoms with Crippen LogP contribution >= 0.6 is 11.3 Å². The molecule has 94 valence electrons. The number of rotatable bonds is 4. The number of thiazole rings is 1. The summed E-state index contributed by atoms with van der Waals surface area (Å²) in [6.45, 7) is 2.00. The maximum absolute atomic E-state index is 11.8. The molecular weight excluding hydrogens is 248 g/mol. The summed E-state index contributed by atoms with van der Waals surface area (Å²) >= 11 is 1.36. The predicted octanol–water partition coefficient (Wildman–Crippen LogP) is 2.38. The van der Waals surface area contributed by atoms with Crippen LogP contribution in [-0.4, -0.2) is 16.0 Å². The minimum Gasteiger partial charge on any atom is -0.378 e. The van der Waals surface area contributed by atoms with E-state index in [1.54, 1.807) is 24.3 Å². The Labute approximate surface area is 109 Å². The van der Waals surface area contributed by atoms with E-state index in [0.29, 0.717) is 10.7 Å². The van der Waals surface area contributed by atoms with Gasteiger partial charge < -0.3 is 5.11 Å². The highest BCUT2D eigenvalue weighted by molar-refractivity contribution is 7.13. The number of anilines is 1. The molecule has 2 N–H and O–H groups in total. The standard InChI is InChI=1S/C13H14N2O2S/c1-2-10-8-18-13(14-10)15-12(17)11(16)9-6-4-3-5-7-9/h3-8,11,16H,2H2,1H3,(H,14,15,17). The number of benzene rings is 1. The van der Waals surface area contributed by atoms with E-state index in [2.05, 4.69) is 10.3 Å². The zero-order chi connectivity index (χ0) is 13.0. The van der Waals surface area contributed by atoms with Gasteiger partial charge in [0.05, 0.1) is 5.69 Å². The van der Waals surface area contributed by atoms with Crippen LogP contribution < -0.4 is 5.32 Å². The Kier molecular flexibility index (Phi) is 4.07. The molecular formula is C13H14N2O2S. The number of hydrogen-bond donors (Lipinski definition) is 2. The molecule has 0 aliphatic heterocycles. The van der Waals surface area contributed by atoms with Gasteiger partial charge in [-0.2, -0.15) is 0 Å². The third-order valence-electron chi connectivity index (χ3n) is 2.51. The van der Waals surface area contributed by atoms with Crippen LogP contribution in [-0.2, 0) is 11.2 Å². The molecule has 0 radical (unpaired) electrons. The van der Waals surface area contributed by atoms with Crippen molar-refractivity contribution in [3.63, 3.8) is 0 Å². The quantitative estimate of drug-likeness (QED) is 0.889. The number of carbonyl (C=O) groups excluding carboxylic acids is 1. The first-order valence-electron chi connectivity index (χ1n) is 5.69. The van der Waals surface area contributed by atoms with Crippen LogP contribution in [0.1, 0.15) is 24.3 Å². The Morgan fingerprint density at radius 1 is 1.44 bits per heavy atom. The summed E-state index contributed by atoms with van der Waals surface area (Å²) in [5.74, 6) is -0.460. The zero-order valence-corrected chi connectivity index (χ0v) is 10.8. The van der Waals surface area contributed by atoms with E-state index in [1.165, 1.54) is 11.3 Å². The molecule has 2 rings (SSSR count). The van der Waals surface area contributed by atoms with Crippen molar-refractivity contribution in [1.82, 2.24) is 4.98 Å². The Morgan fingerprint density at radius 3 is 2.78 bits per heavy atom. The molecule has 0 saturated carbocycles. The molecule has 0 aliphatic rings. The summed E-state index contributed by atoms with van der Waals surface area (Å²) in [5.41, 5.74) is 1.51. The largest absolute Gasteiger partial charge is 0.378 e. The first-order valence-corrected chi connectivity index (χ1v) is 6.57. The summed E-state index contributed by atoms with van der Waals surface area (Å²) in [6, 6.07) is 8.82. The fourth-order valence-electron chi connectivity index (χ4n) is 1.49. The zero-order valence-electron chi connectivity index (χ0n) is 9.96. The number of aliphatic hydroxyl groups is 1. The van der Waals surface area contributed by atoms with Crippen LogP contribution in [0.2, 0.25) is 0 Å². The van der Waals surface area contributed by atoms with Gasteiger partial charge in [-0.15, -0.1) is 11.3 Å². The molecule has 0 bridgehead atoms. The van der Waals surface area contributed by atoms with Crippen LogP contribution in [0.15, 0.2) is 35.7 Å². The molecule has 0 saturated heterocycles. The van der Waals surface area contributed by atoms with E-state index in [4.69, 9.17) is 0 Å². The Balaban J connectivity index is 2.04. The van der Waals surface area contributed by atoms with Gasteiger partial charge in [-0.1, -0.05) is 37.3 Å². The molecule has 0 fully saturated rings. The normalized spacial score (nSPS) is 12.1. The van der Waals surface area contributed by atoms with E-state index in [1.807, 2.05) is 18.4 Å². The lowest BCUT2D eigenvalue weighted by Crippen LogP contribution is -2.20. The number of carbonyl (C=O) groups is 1. The minimum atomic E-state index is -1.17. The highest BCUT2D eigenvalue weighted by atomic mass is 32.1. The van der Waals surface area contributed by atoms with Crippen molar-refractivity contribution in [2.24, 2.45) is 0 Å². The molecule has 2 aromatic rings. The topological polar surface area (TPSA) is 62.2 Å². The van der Waals surface area contributed by atoms with Gasteiger partial charge in [-0.25, -0.2) is 4.98 Å². The van der Waals surface area contributed by atoms with Crippen LogP contribution in [0.3, 0.4) is 0 Å². The number of aromatic nitrogens is 1. The van der Waals surface area contributed by atoms with Crippen LogP contribution in [0, 0.1) is 0 Å². The van der Waals surface area contributed by atoms with E-state index in [-0.39, 0.29) is 0 Å². The molecule has 0 aliphatic carbocycles. The molecule has 1 aromatic heterocycles. The van der Waals surface area contributed by atoms with Gasteiger partial charge in [0.2, 0.25) is 0 Å². The number of hydrogen-bond acceptors (Lipinski definition) is 4. The van der Waals surface area contributed by atoms with Crippen molar-refractivity contribution in [3.8, 4) is 0 Å². The maximum Gasteiger partial charge on any atom is 0.259 e. The summed E-state index contributed by atoms with van der Waals surface area (Å²) in [7, 11) is 0. The third-order valence-corrected chi connectivity index (χ3v) is 3.31. The van der Waals surface area contributed by atoms with Crippen molar-refractivity contribution in [1.29, 1.82) is 0 Å². The second-order valence-corrected chi connectivity index (χ2v) is 4.66. The van der Waals surface area contributed by atoms with Crippen molar-refractivity contribution in [2.75, 3.05) is 5.32 Å². The molecule has 0 spiro atoms. The lowest BCUT2D eigenvalue weighted by atomic mass is 10.1. The van der Waals surface area contributed by atoms with Crippen LogP contribution in [0.25, 0.3) is 0 Å². The lowest BCUT2D eigenvalue weighted by molar-refractivity contribution is -0.124. The first kappa shape index (κ1) is 12.7. The number of nitrogens with zero attached hydrogens (tertiary/aromatic N) is 1. The van der Waals surface area contributed by atoms with Gasteiger partial charge in [-0.3, -0.25) is 10.1 Å². The van der Waals surface area contributed by atoms with Crippen LogP contribution in [0.4, 0.5) is 5.13 Å². The maximum atomic E-state index is 11.8. The summed E-state index contributed by atoms with van der Waals surface area (Å²) in [5, 5.41) is 14.9. The molecule has 1 unspecified atom stereocenters. The average Bonchev–Trinajstić information content (AvgIpc) is 2.86.